The van der Waals surface area contributed by atoms with E-state index < -0.39 is 0 Å². The maximum Gasteiger partial charge on any atom is 0.226 e. The van der Waals surface area contributed by atoms with Crippen LogP contribution in [0, 0.1) is 5.92 Å². The number of carbonyl (C=O) groups is 1. The molecule has 3 nitrogen and oxygen atoms in total. The number of nitrogens with two attached hydrogens (primary N) is 1. The van der Waals surface area contributed by atoms with Crippen LogP contribution in [0.4, 0.5) is 5.69 Å². The summed E-state index contributed by atoms with van der Waals surface area (Å²) in [6.07, 6.45) is 1.58. The Morgan fingerprint density at radius 1 is 1.13 bits per heavy atom. The number of likely N-dealkylation sites (tertiary alicyclic amines) is 1. The van der Waals surface area contributed by atoms with Crippen LogP contribution >= 0.6 is 11.8 Å². The van der Waals surface area contributed by atoms with Gasteiger partial charge in [-0.3, -0.25) is 4.79 Å². The lowest BCUT2D eigenvalue weighted by Gasteiger charge is -2.16. The van der Waals surface area contributed by atoms with Crippen molar-refractivity contribution >= 4 is 23.4 Å². The van der Waals surface area contributed by atoms with Crippen LogP contribution in [0.25, 0.3) is 0 Å². The number of amides is 1. The molecule has 120 valence electrons. The number of hydrogen-bond acceptors (Lipinski definition) is 3. The van der Waals surface area contributed by atoms with Gasteiger partial charge in [0.15, 0.2) is 0 Å². The molecule has 1 saturated heterocycles. The highest BCUT2D eigenvalue weighted by Gasteiger charge is 2.26. The summed E-state index contributed by atoms with van der Waals surface area (Å²) in [4.78, 5) is 15.7. The van der Waals surface area contributed by atoms with Gasteiger partial charge in [0.1, 0.15) is 0 Å². The molecule has 0 bridgehead atoms. The molecule has 0 unspecified atom stereocenters. The Morgan fingerprint density at radius 3 is 2.61 bits per heavy atom. The summed E-state index contributed by atoms with van der Waals surface area (Å²) >= 11 is 1.89. The van der Waals surface area contributed by atoms with Gasteiger partial charge in [0.25, 0.3) is 0 Å². The molecular formula is C19H22N2OS. The van der Waals surface area contributed by atoms with Gasteiger partial charge in [-0.05, 0) is 42.2 Å². The molecule has 1 heterocycles. The summed E-state index contributed by atoms with van der Waals surface area (Å²) in [6.45, 7) is 1.77. The Morgan fingerprint density at radius 2 is 1.87 bits per heavy atom. The molecule has 0 aromatic heterocycles. The minimum atomic E-state index is 0.224. The van der Waals surface area contributed by atoms with Gasteiger partial charge in [-0.2, -0.15) is 0 Å². The molecule has 1 amide bonds. The van der Waals surface area contributed by atoms with Gasteiger partial charge in [-0.25, -0.2) is 0 Å². The third kappa shape index (κ3) is 4.52. The van der Waals surface area contributed by atoms with Crippen LogP contribution < -0.4 is 5.73 Å². The number of hydrogen-bond donors (Lipinski definition) is 1. The maximum atomic E-state index is 12.4. The van der Waals surface area contributed by atoms with Crippen LogP contribution in [0.2, 0.25) is 0 Å². The van der Waals surface area contributed by atoms with Crippen LogP contribution in [0.3, 0.4) is 0 Å². The first-order chi connectivity index (χ1) is 11.2. The predicted octanol–water partition coefficient (Wildman–Crippen LogP) is 3.45. The second kappa shape index (κ2) is 7.55. The largest absolute Gasteiger partial charge is 0.399 e. The lowest BCUT2D eigenvalue weighted by molar-refractivity contribution is -0.129. The van der Waals surface area contributed by atoms with E-state index in [9.17, 15) is 4.79 Å². The highest BCUT2D eigenvalue weighted by atomic mass is 32.2. The summed E-state index contributed by atoms with van der Waals surface area (Å²) < 4.78 is 0. The maximum absolute atomic E-state index is 12.4. The number of nitrogens with zero attached hydrogens (tertiary/aromatic N) is 1. The number of thioether (sulfide) groups is 1. The minimum Gasteiger partial charge on any atom is -0.399 e. The molecule has 23 heavy (non-hydrogen) atoms. The van der Waals surface area contributed by atoms with Crippen molar-refractivity contribution in [1.29, 1.82) is 0 Å². The zero-order chi connectivity index (χ0) is 16.1. The lowest BCUT2D eigenvalue weighted by Crippen LogP contribution is -2.30. The minimum absolute atomic E-state index is 0.224. The first-order valence-electron chi connectivity index (χ1n) is 8.01. The average molecular weight is 326 g/mol. The van der Waals surface area contributed by atoms with E-state index in [0.717, 1.165) is 36.5 Å². The quantitative estimate of drug-likeness (QED) is 0.676. The monoisotopic (exact) mass is 326 g/mol. The highest BCUT2D eigenvalue weighted by molar-refractivity contribution is 7.99. The van der Waals surface area contributed by atoms with Gasteiger partial charge in [-0.1, -0.05) is 30.3 Å². The number of rotatable bonds is 5. The van der Waals surface area contributed by atoms with E-state index in [4.69, 9.17) is 5.73 Å². The Balaban J connectivity index is 1.47. The van der Waals surface area contributed by atoms with E-state index in [1.165, 1.54) is 4.90 Å². The van der Waals surface area contributed by atoms with E-state index >= 15 is 0 Å². The Hall–Kier alpha value is -1.94. The molecule has 2 aromatic rings. The van der Waals surface area contributed by atoms with E-state index in [1.807, 2.05) is 47.0 Å². The van der Waals surface area contributed by atoms with E-state index in [-0.39, 0.29) is 5.91 Å². The molecule has 2 aromatic carbocycles. The van der Waals surface area contributed by atoms with Crippen molar-refractivity contribution in [2.75, 3.05) is 24.6 Å². The topological polar surface area (TPSA) is 46.3 Å². The molecule has 4 heteroatoms. The molecule has 0 radical (unpaired) electrons. The molecule has 0 spiro atoms. The molecule has 3 rings (SSSR count). The zero-order valence-electron chi connectivity index (χ0n) is 13.2. The number of benzene rings is 2. The van der Waals surface area contributed by atoms with Crippen LogP contribution in [0.15, 0.2) is 59.5 Å². The molecule has 0 saturated carbocycles. The SMILES string of the molecule is Nc1ccc(CC(=O)N2CC[C@H](CSc3ccccc3)C2)cc1. The van der Waals surface area contributed by atoms with Gasteiger partial charge in [0, 0.05) is 29.4 Å². The third-order valence-corrected chi connectivity index (χ3v) is 5.45. The van der Waals surface area contributed by atoms with E-state index in [1.54, 1.807) is 0 Å². The zero-order valence-corrected chi connectivity index (χ0v) is 14.0. The van der Waals surface area contributed by atoms with Crippen molar-refractivity contribution in [2.24, 2.45) is 5.92 Å². The molecule has 1 aliphatic rings. The average Bonchev–Trinajstić information content (AvgIpc) is 3.05. The second-order valence-electron chi connectivity index (χ2n) is 6.04. The van der Waals surface area contributed by atoms with Crippen molar-refractivity contribution in [3.8, 4) is 0 Å². The second-order valence-corrected chi connectivity index (χ2v) is 7.13. The van der Waals surface area contributed by atoms with Crippen molar-refractivity contribution in [3.05, 3.63) is 60.2 Å². The van der Waals surface area contributed by atoms with Crippen molar-refractivity contribution < 1.29 is 4.79 Å². The van der Waals surface area contributed by atoms with Crippen LogP contribution in [0.1, 0.15) is 12.0 Å². The molecule has 0 aliphatic carbocycles. The van der Waals surface area contributed by atoms with Crippen LogP contribution in [-0.4, -0.2) is 29.6 Å². The highest BCUT2D eigenvalue weighted by Crippen LogP contribution is 2.26. The first kappa shape index (κ1) is 15.9. The number of carbonyl (C=O) groups excluding carboxylic acids is 1. The lowest BCUT2D eigenvalue weighted by atomic mass is 10.1. The standard InChI is InChI=1S/C19H22N2OS/c20-17-8-6-15(7-9-17)12-19(22)21-11-10-16(13-21)14-23-18-4-2-1-3-5-18/h1-9,16H,10-14,20H2/t16-/m0/s1. The van der Waals surface area contributed by atoms with Crippen molar-refractivity contribution in [2.45, 2.75) is 17.7 Å². The van der Waals surface area contributed by atoms with Crippen LogP contribution in [-0.2, 0) is 11.2 Å². The predicted molar refractivity (Wildman–Crippen MR) is 96.4 cm³/mol. The smallest absolute Gasteiger partial charge is 0.226 e. The molecular weight excluding hydrogens is 304 g/mol. The fraction of sp³-hybridized carbons (Fsp3) is 0.316. The Kier molecular flexibility index (Phi) is 5.23. The summed E-state index contributed by atoms with van der Waals surface area (Å²) in [7, 11) is 0. The normalized spacial score (nSPS) is 17.4. The number of nitrogen functional groups attached to an aromatic ring is 1. The van der Waals surface area contributed by atoms with Crippen molar-refractivity contribution in [3.63, 3.8) is 0 Å². The van der Waals surface area contributed by atoms with E-state index in [2.05, 4.69) is 24.3 Å². The summed E-state index contributed by atoms with van der Waals surface area (Å²) in [5.41, 5.74) is 7.45. The summed E-state index contributed by atoms with van der Waals surface area (Å²) in [5.74, 6) is 1.90. The third-order valence-electron chi connectivity index (χ3n) is 4.20. The van der Waals surface area contributed by atoms with Gasteiger partial charge in [0.2, 0.25) is 5.91 Å². The van der Waals surface area contributed by atoms with Gasteiger partial charge in [0.05, 0.1) is 6.42 Å². The first-order valence-corrected chi connectivity index (χ1v) is 8.99. The Labute approximate surface area is 141 Å². The van der Waals surface area contributed by atoms with E-state index in [0.29, 0.717) is 12.3 Å². The Bertz CT molecular complexity index is 642. The molecule has 1 fully saturated rings. The van der Waals surface area contributed by atoms with Gasteiger partial charge in [-0.15, -0.1) is 11.8 Å². The van der Waals surface area contributed by atoms with Crippen molar-refractivity contribution in [1.82, 2.24) is 4.90 Å². The molecule has 2 N–H and O–H groups in total. The number of anilines is 1. The summed E-state index contributed by atoms with van der Waals surface area (Å²) in [5, 5.41) is 0. The van der Waals surface area contributed by atoms with Gasteiger partial charge < -0.3 is 10.6 Å². The fourth-order valence-corrected chi connectivity index (χ4v) is 3.90. The fourth-order valence-electron chi connectivity index (χ4n) is 2.85. The molecule has 1 atom stereocenters. The van der Waals surface area contributed by atoms with Gasteiger partial charge >= 0.3 is 0 Å². The summed E-state index contributed by atoms with van der Waals surface area (Å²) in [6, 6.07) is 18.0. The molecule has 1 aliphatic heterocycles. The van der Waals surface area contributed by atoms with Crippen LogP contribution in [0.5, 0.6) is 0 Å².